The quantitative estimate of drug-likeness (QED) is 0.229. The van der Waals surface area contributed by atoms with Crippen LogP contribution in [0.5, 0.6) is 5.75 Å². The van der Waals surface area contributed by atoms with Crippen LogP contribution in [-0.4, -0.2) is 30.4 Å². The molecule has 0 aliphatic heterocycles. The van der Waals surface area contributed by atoms with E-state index in [0.29, 0.717) is 29.0 Å². The zero-order chi connectivity index (χ0) is 27.6. The molecule has 3 N–H and O–H groups in total. The molecule has 1 heterocycles. The van der Waals surface area contributed by atoms with Crippen LogP contribution in [0, 0.1) is 21.8 Å². The average Bonchev–Trinajstić information content (AvgIpc) is 3.25. The van der Waals surface area contributed by atoms with E-state index in [1.165, 1.54) is 43.5 Å². The Bertz CT molecular complexity index is 1540. The normalized spacial score (nSPS) is 11.1. The maximum absolute atomic E-state index is 13.5. The third-order valence-corrected chi connectivity index (χ3v) is 6.03. The molecule has 1 aromatic heterocycles. The first-order valence-electron chi connectivity index (χ1n) is 11.8. The second-order valence-electron chi connectivity index (χ2n) is 9.22. The number of furan rings is 1. The van der Waals surface area contributed by atoms with Gasteiger partial charge in [0.25, 0.3) is 17.5 Å². The molecule has 0 atom stereocenters. The molecule has 0 aliphatic rings. The second kappa shape index (κ2) is 10.7. The molecule has 9 nitrogen and oxygen atoms in total. The fourth-order valence-electron chi connectivity index (χ4n) is 4.20. The summed E-state index contributed by atoms with van der Waals surface area (Å²) in [7, 11) is 1.46. The fourth-order valence-corrected chi connectivity index (χ4v) is 4.20. The lowest BCUT2D eigenvalue weighted by Crippen LogP contribution is -2.27. The van der Waals surface area contributed by atoms with Crippen molar-refractivity contribution < 1.29 is 28.1 Å². The van der Waals surface area contributed by atoms with Gasteiger partial charge >= 0.3 is 0 Å². The van der Waals surface area contributed by atoms with Crippen molar-refractivity contribution in [1.29, 1.82) is 0 Å². The molecule has 38 heavy (non-hydrogen) atoms. The number of ether oxygens (including phenoxy) is 1. The SMILES string of the molecule is COc1ccc(C(=O)NCC(C)C)cc1Cc1cc2c(C(N)=O)c(-c3ccc(F)cc3)oc2cc1[N+](=O)[O-]. The number of carbonyl (C=O) groups excluding carboxylic acids is 2. The van der Waals surface area contributed by atoms with Crippen LogP contribution >= 0.6 is 0 Å². The molecule has 0 saturated heterocycles. The molecule has 0 saturated carbocycles. The molecule has 0 aliphatic carbocycles. The van der Waals surface area contributed by atoms with Gasteiger partial charge in [-0.25, -0.2) is 4.39 Å². The minimum absolute atomic E-state index is 0.0238. The summed E-state index contributed by atoms with van der Waals surface area (Å²) in [6, 6.07) is 12.8. The molecule has 4 rings (SSSR count). The van der Waals surface area contributed by atoms with Gasteiger partial charge in [0, 0.05) is 35.0 Å². The van der Waals surface area contributed by atoms with Crippen molar-refractivity contribution in [2.24, 2.45) is 11.7 Å². The van der Waals surface area contributed by atoms with Gasteiger partial charge in [-0.05, 0) is 60.0 Å². The zero-order valence-corrected chi connectivity index (χ0v) is 21.0. The highest BCUT2D eigenvalue weighted by molar-refractivity contribution is 6.11. The van der Waals surface area contributed by atoms with Crippen LogP contribution in [0.4, 0.5) is 10.1 Å². The van der Waals surface area contributed by atoms with Crippen LogP contribution in [0.15, 0.2) is 59.0 Å². The highest BCUT2D eigenvalue weighted by atomic mass is 19.1. The third kappa shape index (κ3) is 5.34. The van der Waals surface area contributed by atoms with Gasteiger partial charge in [-0.1, -0.05) is 13.8 Å². The van der Waals surface area contributed by atoms with E-state index in [0.717, 1.165) is 0 Å². The smallest absolute Gasteiger partial charge is 0.276 e. The van der Waals surface area contributed by atoms with Crippen LogP contribution in [0.1, 0.15) is 45.7 Å². The molecule has 0 radical (unpaired) electrons. The number of carbonyl (C=O) groups is 2. The second-order valence-corrected chi connectivity index (χ2v) is 9.22. The van der Waals surface area contributed by atoms with Gasteiger partial charge in [0.05, 0.1) is 23.7 Å². The Labute approximate surface area is 217 Å². The van der Waals surface area contributed by atoms with E-state index in [9.17, 15) is 24.1 Å². The first kappa shape index (κ1) is 26.3. The molecular weight excluding hydrogens is 493 g/mol. The number of primary amides is 1. The molecule has 196 valence electrons. The number of nitrogens with zero attached hydrogens (tertiary/aromatic N) is 1. The van der Waals surface area contributed by atoms with E-state index in [1.54, 1.807) is 18.2 Å². The minimum Gasteiger partial charge on any atom is -0.496 e. The highest BCUT2D eigenvalue weighted by Gasteiger charge is 2.26. The van der Waals surface area contributed by atoms with Gasteiger partial charge in [-0.2, -0.15) is 0 Å². The predicted molar refractivity (Wildman–Crippen MR) is 140 cm³/mol. The largest absolute Gasteiger partial charge is 0.496 e. The van der Waals surface area contributed by atoms with Gasteiger partial charge in [-0.3, -0.25) is 19.7 Å². The Morgan fingerprint density at radius 1 is 1.11 bits per heavy atom. The Morgan fingerprint density at radius 3 is 2.42 bits per heavy atom. The van der Waals surface area contributed by atoms with Crippen LogP contribution in [0.3, 0.4) is 0 Å². The molecule has 0 unspecified atom stereocenters. The van der Waals surface area contributed by atoms with E-state index in [4.69, 9.17) is 14.9 Å². The van der Waals surface area contributed by atoms with Crippen LogP contribution in [-0.2, 0) is 6.42 Å². The number of fused-ring (bicyclic) bond motifs is 1. The molecule has 3 aromatic carbocycles. The molecule has 2 amide bonds. The zero-order valence-electron chi connectivity index (χ0n) is 21.0. The number of nitrogens with two attached hydrogens (primary N) is 1. The number of hydrogen-bond acceptors (Lipinski definition) is 6. The molecule has 0 bridgehead atoms. The van der Waals surface area contributed by atoms with Gasteiger partial charge < -0.3 is 20.2 Å². The Balaban J connectivity index is 1.84. The van der Waals surface area contributed by atoms with Gasteiger partial charge in [0.15, 0.2) is 0 Å². The summed E-state index contributed by atoms with van der Waals surface area (Å²) < 4.78 is 24.7. The first-order valence-corrected chi connectivity index (χ1v) is 11.8. The number of nitro benzene ring substituents is 1. The predicted octanol–water partition coefficient (Wildman–Crippen LogP) is 5.23. The number of nitro groups is 1. The summed E-state index contributed by atoms with van der Waals surface area (Å²) in [5, 5.41) is 15.1. The van der Waals surface area contributed by atoms with Crippen LogP contribution in [0.25, 0.3) is 22.3 Å². The third-order valence-electron chi connectivity index (χ3n) is 6.03. The Morgan fingerprint density at radius 2 is 1.82 bits per heavy atom. The lowest BCUT2D eigenvalue weighted by atomic mass is 9.97. The van der Waals surface area contributed by atoms with E-state index in [-0.39, 0.29) is 51.8 Å². The lowest BCUT2D eigenvalue weighted by molar-refractivity contribution is -0.385. The molecule has 0 spiro atoms. The van der Waals surface area contributed by atoms with Crippen LogP contribution in [0.2, 0.25) is 0 Å². The van der Waals surface area contributed by atoms with Crippen molar-refractivity contribution in [3.63, 3.8) is 0 Å². The van der Waals surface area contributed by atoms with Crippen molar-refractivity contribution in [3.05, 3.63) is 92.8 Å². The van der Waals surface area contributed by atoms with Crippen molar-refractivity contribution >= 4 is 28.5 Å². The molecule has 0 fully saturated rings. The van der Waals surface area contributed by atoms with Crippen molar-refractivity contribution in [2.75, 3.05) is 13.7 Å². The van der Waals surface area contributed by atoms with Gasteiger partial charge in [-0.15, -0.1) is 0 Å². The Kier molecular flexibility index (Phi) is 7.43. The molecule has 4 aromatic rings. The topological polar surface area (TPSA) is 138 Å². The lowest BCUT2D eigenvalue weighted by Gasteiger charge is -2.12. The van der Waals surface area contributed by atoms with E-state index in [2.05, 4.69) is 5.32 Å². The van der Waals surface area contributed by atoms with Gasteiger partial charge in [0.2, 0.25) is 0 Å². The Hall–Kier alpha value is -4.73. The molecular formula is C28H26FN3O6. The van der Waals surface area contributed by atoms with Crippen molar-refractivity contribution in [1.82, 2.24) is 5.32 Å². The average molecular weight is 520 g/mol. The van der Waals surface area contributed by atoms with E-state index >= 15 is 0 Å². The van der Waals surface area contributed by atoms with E-state index < -0.39 is 16.6 Å². The summed E-state index contributed by atoms with van der Waals surface area (Å²) in [4.78, 5) is 36.5. The summed E-state index contributed by atoms with van der Waals surface area (Å²) in [6.07, 6.45) is 0.0238. The van der Waals surface area contributed by atoms with E-state index in [1.807, 2.05) is 13.8 Å². The number of halogens is 1. The number of rotatable bonds is 9. The number of methoxy groups -OCH3 is 1. The van der Waals surface area contributed by atoms with Crippen molar-refractivity contribution in [2.45, 2.75) is 20.3 Å². The summed E-state index contributed by atoms with van der Waals surface area (Å²) in [6.45, 7) is 4.45. The minimum atomic E-state index is -0.802. The number of benzene rings is 3. The summed E-state index contributed by atoms with van der Waals surface area (Å²) in [5.41, 5.74) is 7.10. The fraction of sp³-hybridized carbons (Fsp3) is 0.214. The maximum Gasteiger partial charge on any atom is 0.276 e. The monoisotopic (exact) mass is 519 g/mol. The summed E-state index contributed by atoms with van der Waals surface area (Å²) in [5.74, 6) is -0.765. The first-order chi connectivity index (χ1) is 18.1. The highest BCUT2D eigenvalue weighted by Crippen LogP contribution is 2.38. The number of amides is 2. The number of hydrogen-bond donors (Lipinski definition) is 2. The maximum atomic E-state index is 13.5. The van der Waals surface area contributed by atoms with Gasteiger partial charge in [0.1, 0.15) is 22.9 Å². The van der Waals surface area contributed by atoms with Crippen LogP contribution < -0.4 is 15.8 Å². The number of nitrogens with one attached hydrogen (secondary N) is 1. The van der Waals surface area contributed by atoms with Crippen molar-refractivity contribution in [3.8, 4) is 17.1 Å². The molecule has 10 heteroatoms. The standard InChI is InChI=1S/C28H26FN3O6/c1-15(2)14-31-28(34)17-6-9-23(37-3)19(10-17)11-18-12-21-24(13-22(18)32(35)36)38-26(25(21)27(30)33)16-4-7-20(29)8-5-16/h4-10,12-13,15H,11,14H2,1-3H3,(H2,30,33)(H,31,34). The summed E-state index contributed by atoms with van der Waals surface area (Å²) >= 11 is 0.